The number of halogens is 1. The molecule has 0 spiro atoms. The summed E-state index contributed by atoms with van der Waals surface area (Å²) in [5.41, 5.74) is 1.07. The molecule has 1 aromatic heterocycles. The molecule has 0 aliphatic carbocycles. The molecular formula is C8H8ClNO2. The second-order valence-electron chi connectivity index (χ2n) is 2.31. The van der Waals surface area contributed by atoms with E-state index in [4.69, 9.17) is 11.6 Å². The van der Waals surface area contributed by atoms with Gasteiger partial charge in [-0.1, -0.05) is 11.6 Å². The summed E-state index contributed by atoms with van der Waals surface area (Å²) in [4.78, 5) is 14.8. The van der Waals surface area contributed by atoms with Crippen molar-refractivity contribution in [3.63, 3.8) is 0 Å². The summed E-state index contributed by atoms with van der Waals surface area (Å²) >= 11 is 5.77. The monoisotopic (exact) mass is 185 g/mol. The van der Waals surface area contributed by atoms with Crippen molar-refractivity contribution in [3.05, 3.63) is 28.5 Å². The molecule has 1 heterocycles. The van der Waals surface area contributed by atoms with E-state index in [1.165, 1.54) is 19.4 Å². The van der Waals surface area contributed by atoms with Gasteiger partial charge in [0.1, 0.15) is 5.69 Å². The predicted molar refractivity (Wildman–Crippen MR) is 45.3 cm³/mol. The van der Waals surface area contributed by atoms with E-state index in [-0.39, 0.29) is 5.69 Å². The molecule has 0 atom stereocenters. The summed E-state index contributed by atoms with van der Waals surface area (Å²) in [5, 5.41) is 0.519. The minimum Gasteiger partial charge on any atom is -0.464 e. The Labute approximate surface area is 75.3 Å². The highest BCUT2D eigenvalue weighted by Crippen LogP contribution is 2.14. The van der Waals surface area contributed by atoms with Crippen LogP contribution in [-0.4, -0.2) is 18.1 Å². The molecule has 1 aromatic rings. The summed E-state index contributed by atoms with van der Waals surface area (Å²) < 4.78 is 4.47. The van der Waals surface area contributed by atoms with Crippen molar-refractivity contribution in [3.8, 4) is 0 Å². The second kappa shape index (κ2) is 3.54. The third kappa shape index (κ3) is 1.74. The smallest absolute Gasteiger partial charge is 0.356 e. The number of ether oxygens (including phenoxy) is 1. The normalized spacial score (nSPS) is 9.58. The van der Waals surface area contributed by atoms with Gasteiger partial charge in [0.25, 0.3) is 0 Å². The number of nitrogens with zero attached hydrogens (tertiary/aromatic N) is 1. The molecule has 64 valence electrons. The summed E-state index contributed by atoms with van der Waals surface area (Å²) in [6.07, 6.45) is 1.54. The van der Waals surface area contributed by atoms with E-state index in [2.05, 4.69) is 9.72 Å². The van der Waals surface area contributed by atoms with Gasteiger partial charge in [-0.15, -0.1) is 0 Å². The van der Waals surface area contributed by atoms with Crippen LogP contribution in [0, 0.1) is 6.92 Å². The van der Waals surface area contributed by atoms with E-state index >= 15 is 0 Å². The molecule has 0 aromatic carbocycles. The highest BCUT2D eigenvalue weighted by Gasteiger charge is 2.07. The molecule has 0 aliphatic heterocycles. The number of methoxy groups -OCH3 is 1. The van der Waals surface area contributed by atoms with Crippen molar-refractivity contribution in [1.29, 1.82) is 0 Å². The third-order valence-electron chi connectivity index (χ3n) is 1.43. The zero-order valence-corrected chi connectivity index (χ0v) is 7.55. The molecule has 4 heteroatoms. The molecule has 0 fully saturated rings. The summed E-state index contributed by atoms with van der Waals surface area (Å²) in [5.74, 6) is -0.475. The molecule has 0 saturated heterocycles. The molecule has 0 saturated carbocycles. The van der Waals surface area contributed by atoms with E-state index in [0.717, 1.165) is 5.56 Å². The molecule has 1 rings (SSSR count). The van der Waals surface area contributed by atoms with Crippen LogP contribution >= 0.6 is 11.6 Å². The quantitative estimate of drug-likeness (QED) is 0.627. The second-order valence-corrected chi connectivity index (χ2v) is 2.72. The van der Waals surface area contributed by atoms with Crippen LogP contribution in [0.2, 0.25) is 5.02 Å². The molecule has 0 N–H and O–H groups in total. The highest BCUT2D eigenvalue weighted by atomic mass is 35.5. The first-order valence-electron chi connectivity index (χ1n) is 3.35. The van der Waals surface area contributed by atoms with E-state index < -0.39 is 5.97 Å². The number of carbonyl (C=O) groups is 1. The number of pyridine rings is 1. The Morgan fingerprint density at radius 2 is 2.33 bits per heavy atom. The van der Waals surface area contributed by atoms with Gasteiger partial charge in [-0.2, -0.15) is 0 Å². The first-order valence-corrected chi connectivity index (χ1v) is 3.73. The average Bonchev–Trinajstić information content (AvgIpc) is 2.08. The Morgan fingerprint density at radius 1 is 1.67 bits per heavy atom. The van der Waals surface area contributed by atoms with Crippen LogP contribution in [0.15, 0.2) is 12.3 Å². The minimum absolute atomic E-state index is 0.230. The SMILES string of the molecule is COC(=O)c1cc(Cl)c(C)cn1. The van der Waals surface area contributed by atoms with Crippen molar-refractivity contribution in [1.82, 2.24) is 4.98 Å². The minimum atomic E-state index is -0.475. The van der Waals surface area contributed by atoms with Crippen molar-refractivity contribution in [2.75, 3.05) is 7.11 Å². The number of aromatic nitrogens is 1. The fourth-order valence-corrected chi connectivity index (χ4v) is 0.868. The first-order chi connectivity index (χ1) is 5.65. The summed E-state index contributed by atoms with van der Waals surface area (Å²) in [7, 11) is 1.30. The van der Waals surface area contributed by atoms with Crippen LogP contribution in [0.1, 0.15) is 16.1 Å². The topological polar surface area (TPSA) is 39.2 Å². The predicted octanol–water partition coefficient (Wildman–Crippen LogP) is 1.83. The number of aryl methyl sites for hydroxylation is 1. The average molecular weight is 186 g/mol. The Hall–Kier alpha value is -1.09. The summed E-state index contributed by atoms with van der Waals surface area (Å²) in [6.45, 7) is 1.82. The Balaban J connectivity index is 3.05. The Morgan fingerprint density at radius 3 is 2.83 bits per heavy atom. The standard InChI is InChI=1S/C8H8ClNO2/c1-5-4-10-7(3-6(5)9)8(11)12-2/h3-4H,1-2H3. The van der Waals surface area contributed by atoms with Gasteiger partial charge in [-0.05, 0) is 18.6 Å². The van der Waals surface area contributed by atoms with Crippen LogP contribution in [0.25, 0.3) is 0 Å². The van der Waals surface area contributed by atoms with Crippen molar-refractivity contribution >= 4 is 17.6 Å². The van der Waals surface area contributed by atoms with E-state index in [9.17, 15) is 4.79 Å². The number of hydrogen-bond donors (Lipinski definition) is 0. The van der Waals surface area contributed by atoms with Crippen LogP contribution in [0.5, 0.6) is 0 Å². The molecule has 0 bridgehead atoms. The molecule has 3 nitrogen and oxygen atoms in total. The number of esters is 1. The molecule has 0 amide bonds. The maximum atomic E-state index is 10.9. The maximum absolute atomic E-state index is 10.9. The van der Waals surface area contributed by atoms with Crippen LogP contribution < -0.4 is 0 Å². The van der Waals surface area contributed by atoms with Crippen LogP contribution in [0.3, 0.4) is 0 Å². The van der Waals surface area contributed by atoms with Crippen molar-refractivity contribution in [2.45, 2.75) is 6.92 Å². The lowest BCUT2D eigenvalue weighted by Crippen LogP contribution is -2.03. The van der Waals surface area contributed by atoms with Gasteiger partial charge < -0.3 is 4.74 Å². The third-order valence-corrected chi connectivity index (χ3v) is 1.84. The zero-order valence-electron chi connectivity index (χ0n) is 6.80. The van der Waals surface area contributed by atoms with Crippen molar-refractivity contribution in [2.24, 2.45) is 0 Å². The lowest BCUT2D eigenvalue weighted by molar-refractivity contribution is 0.0594. The van der Waals surface area contributed by atoms with E-state index in [1.54, 1.807) is 0 Å². The lowest BCUT2D eigenvalue weighted by Gasteiger charge is -2.00. The molecule has 12 heavy (non-hydrogen) atoms. The first kappa shape index (κ1) is 9.00. The summed E-state index contributed by atoms with van der Waals surface area (Å²) in [6, 6.07) is 1.49. The molecule has 0 radical (unpaired) electrons. The van der Waals surface area contributed by atoms with E-state index in [1.807, 2.05) is 6.92 Å². The van der Waals surface area contributed by atoms with Crippen LogP contribution in [-0.2, 0) is 4.74 Å². The Bertz CT molecular complexity index is 312. The number of rotatable bonds is 1. The van der Waals surface area contributed by atoms with Gasteiger partial charge in [-0.25, -0.2) is 9.78 Å². The van der Waals surface area contributed by atoms with Crippen LogP contribution in [0.4, 0.5) is 0 Å². The largest absolute Gasteiger partial charge is 0.464 e. The van der Waals surface area contributed by atoms with Gasteiger partial charge >= 0.3 is 5.97 Å². The van der Waals surface area contributed by atoms with E-state index in [0.29, 0.717) is 5.02 Å². The molecule has 0 aliphatic rings. The lowest BCUT2D eigenvalue weighted by atomic mass is 10.3. The fraction of sp³-hybridized carbons (Fsp3) is 0.250. The highest BCUT2D eigenvalue weighted by molar-refractivity contribution is 6.31. The zero-order chi connectivity index (χ0) is 9.14. The van der Waals surface area contributed by atoms with Gasteiger partial charge in [0.05, 0.1) is 7.11 Å². The van der Waals surface area contributed by atoms with Crippen molar-refractivity contribution < 1.29 is 9.53 Å². The number of carbonyl (C=O) groups excluding carboxylic acids is 1. The fourth-order valence-electron chi connectivity index (χ4n) is 0.715. The number of hydrogen-bond acceptors (Lipinski definition) is 3. The Kier molecular flexibility index (Phi) is 2.65. The maximum Gasteiger partial charge on any atom is 0.356 e. The molecule has 0 unspecified atom stereocenters. The van der Waals surface area contributed by atoms with Gasteiger partial charge in [0.15, 0.2) is 0 Å². The molecular weight excluding hydrogens is 178 g/mol. The van der Waals surface area contributed by atoms with Gasteiger partial charge in [0.2, 0.25) is 0 Å². The van der Waals surface area contributed by atoms with Gasteiger partial charge in [0, 0.05) is 11.2 Å². The van der Waals surface area contributed by atoms with Gasteiger partial charge in [-0.3, -0.25) is 0 Å².